The molecule has 5 aromatic rings. The lowest BCUT2D eigenvalue weighted by molar-refractivity contribution is -0.138. The lowest BCUT2D eigenvalue weighted by Crippen LogP contribution is -2.53. The first kappa shape index (κ1) is 36.9. The van der Waals surface area contributed by atoms with Crippen LogP contribution in [0.25, 0.3) is 0 Å². The van der Waals surface area contributed by atoms with Gasteiger partial charge in [-0.25, -0.2) is 0 Å². The van der Waals surface area contributed by atoms with Gasteiger partial charge >= 0.3 is 0 Å². The highest BCUT2D eigenvalue weighted by Gasteiger charge is 2.71. The minimum absolute atomic E-state index is 0.157. The molecule has 12 nitrogen and oxygen atoms in total. The fourth-order valence-electron chi connectivity index (χ4n) is 9.55. The summed E-state index contributed by atoms with van der Waals surface area (Å²) in [5.41, 5.74) is 7.36. The number of aliphatic hydroxyl groups is 1. The van der Waals surface area contributed by atoms with Gasteiger partial charge < -0.3 is 14.4 Å². The lowest BCUT2D eigenvalue weighted by atomic mass is 9.50. The number of benzene rings is 4. The second kappa shape index (κ2) is 14.4. The van der Waals surface area contributed by atoms with Gasteiger partial charge in [0, 0.05) is 19.8 Å². The van der Waals surface area contributed by atoms with Gasteiger partial charge in [0.05, 0.1) is 46.4 Å². The zero-order valence-corrected chi connectivity index (χ0v) is 32.3. The molecule has 3 heterocycles. The molecular formula is C46H42N6O6. The van der Waals surface area contributed by atoms with Crippen molar-refractivity contribution in [2.24, 2.45) is 33.9 Å². The Labute approximate surface area is 335 Å². The van der Waals surface area contributed by atoms with E-state index in [1.54, 1.807) is 36.4 Å². The number of anilines is 3. The van der Waals surface area contributed by atoms with Crippen molar-refractivity contribution in [3.63, 3.8) is 0 Å². The van der Waals surface area contributed by atoms with E-state index in [-0.39, 0.29) is 31.3 Å². The zero-order chi connectivity index (χ0) is 40.3. The molecule has 1 aromatic heterocycles. The number of hydrazine groups is 1. The minimum atomic E-state index is -1.46. The molecule has 2 N–H and O–H groups in total. The summed E-state index contributed by atoms with van der Waals surface area (Å²) in [6.45, 7) is 1.60. The maximum atomic E-state index is 15.2. The van der Waals surface area contributed by atoms with Crippen molar-refractivity contribution < 1.29 is 28.7 Å². The summed E-state index contributed by atoms with van der Waals surface area (Å²) in [6, 6.07) is 34.6. The van der Waals surface area contributed by atoms with E-state index < -0.39 is 46.8 Å². The number of azo groups is 1. The normalized spacial score (nSPS) is 25.2. The zero-order valence-electron chi connectivity index (χ0n) is 32.3. The first-order valence-electron chi connectivity index (χ1n) is 19.4. The Bertz CT molecular complexity index is 2480. The average Bonchev–Trinajstić information content (AvgIpc) is 3.89. The molecule has 2 aliphatic heterocycles. The van der Waals surface area contributed by atoms with Crippen LogP contribution in [0.15, 0.2) is 142 Å². The van der Waals surface area contributed by atoms with E-state index in [4.69, 9.17) is 4.42 Å². The second-order valence-corrected chi connectivity index (χ2v) is 15.7. The van der Waals surface area contributed by atoms with Gasteiger partial charge in [0.25, 0.3) is 11.8 Å². The van der Waals surface area contributed by atoms with Gasteiger partial charge in [-0.1, -0.05) is 59.7 Å². The molecule has 6 unspecified atom stereocenters. The number of aryl methyl sites for hydroxylation is 1. The average molecular weight is 775 g/mol. The third-order valence-corrected chi connectivity index (χ3v) is 12.3. The van der Waals surface area contributed by atoms with Gasteiger partial charge in [0.15, 0.2) is 0 Å². The van der Waals surface area contributed by atoms with E-state index in [1.165, 1.54) is 4.90 Å². The van der Waals surface area contributed by atoms with E-state index in [0.717, 1.165) is 21.8 Å². The molecule has 292 valence electrons. The van der Waals surface area contributed by atoms with E-state index in [0.29, 0.717) is 39.8 Å². The molecule has 12 heteroatoms. The smallest absolute Gasteiger partial charge is 0.260 e. The molecule has 3 fully saturated rings. The number of hydrogen-bond acceptors (Lipinski definition) is 10. The van der Waals surface area contributed by atoms with Crippen LogP contribution in [-0.2, 0) is 31.2 Å². The molecular weight excluding hydrogens is 733 g/mol. The second-order valence-electron chi connectivity index (χ2n) is 15.7. The van der Waals surface area contributed by atoms with Crippen molar-refractivity contribution in [2.45, 2.75) is 37.7 Å². The SMILES string of the molecule is Cc1ccc(NN2C(=O)C3CC4C(=CCC5C(=O)N(c6ccc(N=Nc7ccc(N(C)C)cc7)cc6)C(=O)C54)C(c4ccc(CO)o4)C3(c3ccccc3)C2=O)cc1. The van der Waals surface area contributed by atoms with E-state index in [2.05, 4.69) is 15.7 Å². The van der Waals surface area contributed by atoms with Crippen LogP contribution in [-0.4, -0.2) is 47.8 Å². The Kier molecular flexibility index (Phi) is 9.16. The fraction of sp³-hybridized carbons (Fsp3) is 0.261. The number of aliphatic hydroxyl groups excluding tert-OH is 1. The molecule has 2 aliphatic carbocycles. The summed E-state index contributed by atoms with van der Waals surface area (Å²) in [5.74, 6) is -4.56. The molecule has 58 heavy (non-hydrogen) atoms. The topological polar surface area (TPSA) is 148 Å². The number of allylic oxidation sites excluding steroid dienone is 2. The summed E-state index contributed by atoms with van der Waals surface area (Å²) in [7, 11) is 3.93. The van der Waals surface area contributed by atoms with Crippen molar-refractivity contribution >= 4 is 52.1 Å². The number of amides is 4. The highest BCUT2D eigenvalue weighted by Crippen LogP contribution is 2.64. The molecule has 0 spiro atoms. The summed E-state index contributed by atoms with van der Waals surface area (Å²) in [5, 5.41) is 19.9. The monoisotopic (exact) mass is 774 g/mol. The Hall–Kier alpha value is -6.66. The van der Waals surface area contributed by atoms with E-state index in [9.17, 15) is 19.5 Å². The molecule has 6 atom stereocenters. The summed E-state index contributed by atoms with van der Waals surface area (Å²) < 4.78 is 6.28. The van der Waals surface area contributed by atoms with Crippen LogP contribution in [0.4, 0.5) is 28.4 Å². The maximum Gasteiger partial charge on any atom is 0.260 e. The molecule has 4 amide bonds. The Morgan fingerprint density at radius 1 is 0.793 bits per heavy atom. The van der Waals surface area contributed by atoms with Crippen LogP contribution < -0.4 is 15.2 Å². The van der Waals surface area contributed by atoms with Gasteiger partial charge in [-0.3, -0.25) is 29.5 Å². The van der Waals surface area contributed by atoms with Crippen molar-refractivity contribution in [1.82, 2.24) is 5.01 Å². The number of nitrogens with one attached hydrogen (secondary N) is 1. The fourth-order valence-corrected chi connectivity index (χ4v) is 9.55. The number of hydrogen-bond donors (Lipinski definition) is 2. The van der Waals surface area contributed by atoms with Crippen LogP contribution in [0.1, 0.15) is 41.4 Å². The number of rotatable bonds is 9. The van der Waals surface area contributed by atoms with Crippen LogP contribution in [0, 0.1) is 30.6 Å². The largest absolute Gasteiger partial charge is 0.463 e. The maximum absolute atomic E-state index is 15.2. The number of carbonyl (C=O) groups excluding carboxylic acids is 4. The van der Waals surface area contributed by atoms with Gasteiger partial charge in [0.2, 0.25) is 11.8 Å². The van der Waals surface area contributed by atoms with Crippen molar-refractivity contribution in [3.8, 4) is 0 Å². The first-order chi connectivity index (χ1) is 28.1. The van der Waals surface area contributed by atoms with E-state index in [1.807, 2.05) is 111 Å². The molecule has 4 aliphatic rings. The van der Waals surface area contributed by atoms with Crippen molar-refractivity contribution in [2.75, 3.05) is 29.3 Å². The van der Waals surface area contributed by atoms with Crippen LogP contribution in [0.3, 0.4) is 0 Å². The minimum Gasteiger partial charge on any atom is -0.463 e. The van der Waals surface area contributed by atoms with Gasteiger partial charge in [-0.05, 0) is 104 Å². The Balaban J connectivity index is 1.08. The molecule has 2 saturated heterocycles. The quantitative estimate of drug-likeness (QED) is 0.0878. The van der Waals surface area contributed by atoms with Crippen molar-refractivity contribution in [3.05, 3.63) is 150 Å². The Morgan fingerprint density at radius 3 is 2.10 bits per heavy atom. The predicted molar refractivity (Wildman–Crippen MR) is 217 cm³/mol. The first-order valence-corrected chi connectivity index (χ1v) is 19.4. The standard InChI is InChI=1S/C46H42N6O6/c1-27-9-11-31(12-10-27)49-52-43(55)38-25-37-35(41(39-24-21-34(26-53)58-39)46(38,45(52)57)28-7-5-4-6-8-28)22-23-36-40(37)44(56)51(42(36)54)33-19-15-30(16-20-33)48-47-29-13-17-32(18-14-29)50(2)3/h4-22,24,36-38,40-41,49,53H,23,25-26H2,1-3H3. The summed E-state index contributed by atoms with van der Waals surface area (Å²) in [6.07, 6.45) is 2.41. The van der Waals surface area contributed by atoms with Gasteiger partial charge in [-0.2, -0.15) is 15.2 Å². The number of nitrogens with zero attached hydrogens (tertiary/aromatic N) is 5. The third-order valence-electron chi connectivity index (χ3n) is 12.3. The highest BCUT2D eigenvalue weighted by atomic mass is 16.4. The van der Waals surface area contributed by atoms with Gasteiger partial charge in [0.1, 0.15) is 23.5 Å². The Morgan fingerprint density at radius 2 is 1.47 bits per heavy atom. The highest BCUT2D eigenvalue weighted by molar-refractivity contribution is 6.22. The van der Waals surface area contributed by atoms with Crippen LogP contribution >= 0.6 is 0 Å². The summed E-state index contributed by atoms with van der Waals surface area (Å²) in [4.78, 5) is 62.2. The molecule has 1 saturated carbocycles. The molecule has 0 bridgehead atoms. The van der Waals surface area contributed by atoms with E-state index >= 15 is 4.79 Å². The van der Waals surface area contributed by atoms with Crippen molar-refractivity contribution in [1.29, 1.82) is 0 Å². The summed E-state index contributed by atoms with van der Waals surface area (Å²) >= 11 is 0. The van der Waals surface area contributed by atoms with Crippen LogP contribution in [0.5, 0.6) is 0 Å². The predicted octanol–water partition coefficient (Wildman–Crippen LogP) is 7.75. The number of furan rings is 1. The molecule has 0 radical (unpaired) electrons. The van der Waals surface area contributed by atoms with Crippen LogP contribution in [0.2, 0.25) is 0 Å². The third kappa shape index (κ3) is 5.85. The molecule has 4 aromatic carbocycles. The molecule has 9 rings (SSSR count). The van der Waals surface area contributed by atoms with Gasteiger partial charge in [-0.15, -0.1) is 0 Å². The number of imide groups is 2. The number of fused-ring (bicyclic) bond motifs is 4. The number of carbonyl (C=O) groups is 4. The lowest BCUT2D eigenvalue weighted by Gasteiger charge is -2.49.